The molecule has 0 atom stereocenters. The van der Waals surface area contributed by atoms with E-state index in [-0.39, 0.29) is 21.3 Å². The molecule has 0 aliphatic rings. The number of rotatable bonds is 5. The van der Waals surface area contributed by atoms with Gasteiger partial charge in [-0.2, -0.15) is 0 Å². The molecule has 3 heterocycles. The van der Waals surface area contributed by atoms with E-state index in [1.54, 1.807) is 47.3 Å². The summed E-state index contributed by atoms with van der Waals surface area (Å²) in [6, 6.07) is 8.56. The topological polar surface area (TPSA) is 76.9 Å². The van der Waals surface area contributed by atoms with E-state index in [0.29, 0.717) is 27.6 Å². The van der Waals surface area contributed by atoms with E-state index in [4.69, 9.17) is 46.4 Å². The second-order valence-corrected chi connectivity index (χ2v) is 8.20. The van der Waals surface area contributed by atoms with Crippen molar-refractivity contribution in [3.63, 3.8) is 0 Å². The zero-order chi connectivity index (χ0) is 22.1. The number of halogens is 4. The summed E-state index contributed by atoms with van der Waals surface area (Å²) < 4.78 is 1.75. The number of anilines is 1. The van der Waals surface area contributed by atoms with Gasteiger partial charge in [-0.25, -0.2) is 4.98 Å². The highest BCUT2D eigenvalue weighted by molar-refractivity contribution is 6.50. The number of Topliss-reactive ketones (excluding diaryl/α,β-unsaturated/α-hetero) is 1. The molecule has 1 aromatic carbocycles. The number of hydrogen-bond donors (Lipinski definition) is 1. The standard InChI is InChI=1S/C21H12Cl4N4O2/c22-12-4-3-11(15(23)6-12)9-29-10-14(13-2-1-5-27-20(13)29)19(30)21(31)28-18-16(24)7-26-8-17(18)25/h1-8,10H,9H2,(H,26,28,31). The number of ketones is 1. The van der Waals surface area contributed by atoms with Crippen LogP contribution >= 0.6 is 46.4 Å². The molecule has 0 unspecified atom stereocenters. The molecular formula is C21H12Cl4N4O2. The van der Waals surface area contributed by atoms with Crippen LogP contribution in [0.25, 0.3) is 11.0 Å². The maximum Gasteiger partial charge on any atom is 0.296 e. The minimum absolute atomic E-state index is 0.117. The van der Waals surface area contributed by atoms with Crippen LogP contribution in [0, 0.1) is 0 Å². The van der Waals surface area contributed by atoms with Gasteiger partial charge in [0.1, 0.15) is 5.65 Å². The number of aromatic nitrogens is 3. The van der Waals surface area contributed by atoms with Crippen molar-refractivity contribution in [1.29, 1.82) is 0 Å². The molecule has 0 spiro atoms. The minimum atomic E-state index is -0.887. The Kier molecular flexibility index (Phi) is 6.16. The van der Waals surface area contributed by atoms with Crippen molar-refractivity contribution in [2.45, 2.75) is 6.54 Å². The van der Waals surface area contributed by atoms with E-state index >= 15 is 0 Å². The molecule has 4 rings (SSSR count). The van der Waals surface area contributed by atoms with Crippen LogP contribution in [0.4, 0.5) is 5.69 Å². The van der Waals surface area contributed by atoms with Crippen LogP contribution in [0.5, 0.6) is 0 Å². The summed E-state index contributed by atoms with van der Waals surface area (Å²) in [7, 11) is 0. The van der Waals surface area contributed by atoms with Gasteiger partial charge < -0.3 is 9.88 Å². The van der Waals surface area contributed by atoms with Crippen molar-refractivity contribution >= 4 is 74.8 Å². The zero-order valence-corrected chi connectivity index (χ0v) is 18.6. The first kappa shape index (κ1) is 21.6. The van der Waals surface area contributed by atoms with Crippen LogP contribution in [0.2, 0.25) is 20.1 Å². The maximum absolute atomic E-state index is 13.0. The predicted molar refractivity (Wildman–Crippen MR) is 123 cm³/mol. The average molecular weight is 494 g/mol. The molecule has 1 N–H and O–H groups in total. The molecule has 4 aromatic rings. The highest BCUT2D eigenvalue weighted by atomic mass is 35.5. The molecule has 0 saturated heterocycles. The van der Waals surface area contributed by atoms with E-state index in [9.17, 15) is 9.59 Å². The summed E-state index contributed by atoms with van der Waals surface area (Å²) in [5, 5.41) is 4.23. The molecule has 0 aliphatic heterocycles. The third kappa shape index (κ3) is 4.38. The molecule has 0 fully saturated rings. The van der Waals surface area contributed by atoms with Gasteiger partial charge in [-0.05, 0) is 29.8 Å². The van der Waals surface area contributed by atoms with Gasteiger partial charge in [-0.1, -0.05) is 52.5 Å². The van der Waals surface area contributed by atoms with Gasteiger partial charge >= 0.3 is 0 Å². The van der Waals surface area contributed by atoms with Gasteiger partial charge in [0.05, 0.1) is 27.8 Å². The molecule has 0 radical (unpaired) electrons. The van der Waals surface area contributed by atoms with Gasteiger partial charge in [-0.15, -0.1) is 0 Å². The van der Waals surface area contributed by atoms with Crippen LogP contribution < -0.4 is 5.32 Å². The number of pyridine rings is 2. The van der Waals surface area contributed by atoms with Crippen molar-refractivity contribution in [3.05, 3.63) is 86.3 Å². The summed E-state index contributed by atoms with van der Waals surface area (Å²) in [5.74, 6) is -1.65. The number of carbonyl (C=O) groups is 2. The molecule has 0 bridgehead atoms. The number of amides is 1. The van der Waals surface area contributed by atoms with E-state index < -0.39 is 11.7 Å². The van der Waals surface area contributed by atoms with E-state index in [0.717, 1.165) is 5.56 Å². The van der Waals surface area contributed by atoms with Gasteiger partial charge in [0, 0.05) is 40.2 Å². The first-order valence-corrected chi connectivity index (χ1v) is 10.4. The Hall–Kier alpha value is -2.64. The minimum Gasteiger partial charge on any atom is -0.327 e. The molecule has 31 heavy (non-hydrogen) atoms. The van der Waals surface area contributed by atoms with Crippen LogP contribution in [0.3, 0.4) is 0 Å². The summed E-state index contributed by atoms with van der Waals surface area (Å²) in [6.07, 6.45) is 5.81. The Bertz CT molecular complexity index is 1320. The lowest BCUT2D eigenvalue weighted by molar-refractivity contribution is -0.112. The van der Waals surface area contributed by atoms with Crippen molar-refractivity contribution in [3.8, 4) is 0 Å². The molecule has 3 aromatic heterocycles. The normalized spacial score (nSPS) is 11.0. The third-order valence-electron chi connectivity index (χ3n) is 4.53. The molecule has 0 saturated carbocycles. The summed E-state index contributed by atoms with van der Waals surface area (Å²) in [6.45, 7) is 0.334. The largest absolute Gasteiger partial charge is 0.327 e. The van der Waals surface area contributed by atoms with Gasteiger partial charge in [0.25, 0.3) is 11.7 Å². The van der Waals surface area contributed by atoms with Crippen molar-refractivity contribution in [2.75, 3.05) is 5.32 Å². The van der Waals surface area contributed by atoms with Crippen molar-refractivity contribution in [2.24, 2.45) is 0 Å². The Balaban J connectivity index is 1.69. The molecule has 1 amide bonds. The SMILES string of the molecule is O=C(Nc1c(Cl)cncc1Cl)C(=O)c1cn(Cc2ccc(Cl)cc2Cl)c2ncccc12. The molecule has 10 heteroatoms. The first-order chi connectivity index (χ1) is 14.8. The molecular weight excluding hydrogens is 482 g/mol. The average Bonchev–Trinajstić information content (AvgIpc) is 3.11. The lowest BCUT2D eigenvalue weighted by Gasteiger charge is -2.08. The fraction of sp³-hybridized carbons (Fsp3) is 0.0476. The van der Waals surface area contributed by atoms with Gasteiger partial charge in [0.2, 0.25) is 0 Å². The van der Waals surface area contributed by atoms with Crippen molar-refractivity contribution < 1.29 is 9.59 Å². The second-order valence-electron chi connectivity index (χ2n) is 6.54. The molecule has 6 nitrogen and oxygen atoms in total. The lowest BCUT2D eigenvalue weighted by atomic mass is 10.1. The van der Waals surface area contributed by atoms with Crippen LogP contribution in [0.1, 0.15) is 15.9 Å². The van der Waals surface area contributed by atoms with Gasteiger partial charge in [0.15, 0.2) is 0 Å². The summed E-state index contributed by atoms with van der Waals surface area (Å²) in [5.41, 5.74) is 1.62. The third-order valence-corrected chi connectivity index (χ3v) is 5.69. The predicted octanol–water partition coefficient (Wildman–Crippen LogP) is 5.91. The Labute approximate surface area is 196 Å². The Morgan fingerprint density at radius 3 is 2.45 bits per heavy atom. The fourth-order valence-corrected chi connectivity index (χ4v) is 4.01. The number of carbonyl (C=O) groups excluding carboxylic acids is 2. The zero-order valence-electron chi connectivity index (χ0n) is 15.6. The van der Waals surface area contributed by atoms with Crippen LogP contribution in [-0.4, -0.2) is 26.2 Å². The number of hydrogen-bond acceptors (Lipinski definition) is 4. The number of benzene rings is 1. The smallest absolute Gasteiger partial charge is 0.296 e. The van der Waals surface area contributed by atoms with E-state index in [1.165, 1.54) is 12.4 Å². The number of fused-ring (bicyclic) bond motifs is 1. The van der Waals surface area contributed by atoms with Gasteiger partial charge in [-0.3, -0.25) is 14.6 Å². The Morgan fingerprint density at radius 2 is 1.74 bits per heavy atom. The summed E-state index contributed by atoms with van der Waals surface area (Å²) in [4.78, 5) is 33.8. The highest BCUT2D eigenvalue weighted by Gasteiger charge is 2.24. The van der Waals surface area contributed by atoms with Crippen LogP contribution in [0.15, 0.2) is 55.1 Å². The van der Waals surface area contributed by atoms with E-state index in [1.807, 2.05) is 0 Å². The van der Waals surface area contributed by atoms with Crippen molar-refractivity contribution in [1.82, 2.24) is 14.5 Å². The lowest BCUT2D eigenvalue weighted by Crippen LogP contribution is -2.23. The molecule has 156 valence electrons. The summed E-state index contributed by atoms with van der Waals surface area (Å²) >= 11 is 24.3. The quantitative estimate of drug-likeness (QED) is 0.276. The first-order valence-electron chi connectivity index (χ1n) is 8.87. The molecule has 0 aliphatic carbocycles. The second kappa shape index (κ2) is 8.85. The highest BCUT2D eigenvalue weighted by Crippen LogP contribution is 2.29. The number of nitrogens with zero attached hydrogens (tertiary/aromatic N) is 3. The van der Waals surface area contributed by atoms with E-state index in [2.05, 4.69) is 15.3 Å². The Morgan fingerprint density at radius 1 is 1.00 bits per heavy atom. The maximum atomic E-state index is 13.0. The monoisotopic (exact) mass is 492 g/mol. The number of nitrogens with one attached hydrogen (secondary N) is 1. The van der Waals surface area contributed by atoms with Crippen LogP contribution in [-0.2, 0) is 11.3 Å². The fourth-order valence-electron chi connectivity index (χ4n) is 3.08.